The van der Waals surface area contributed by atoms with Gasteiger partial charge in [0.1, 0.15) is 11.6 Å². The highest BCUT2D eigenvalue weighted by atomic mass is 19.1. The third kappa shape index (κ3) is 2.98. The second-order valence-electron chi connectivity index (χ2n) is 5.64. The molecule has 0 aromatic heterocycles. The Labute approximate surface area is 117 Å². The molecule has 3 nitrogen and oxygen atoms in total. The molecule has 0 amide bonds. The molecule has 1 aromatic carbocycles. The number of halogens is 2. The number of nitrogens with zero attached hydrogens (tertiary/aromatic N) is 1. The smallest absolute Gasteiger partial charge is 0.307 e. The number of aliphatic carboxylic acids is 1. The van der Waals surface area contributed by atoms with E-state index in [9.17, 15) is 13.6 Å². The predicted molar refractivity (Wildman–Crippen MR) is 71.3 cm³/mol. The molecule has 1 aliphatic rings. The van der Waals surface area contributed by atoms with Gasteiger partial charge >= 0.3 is 5.97 Å². The fourth-order valence-corrected chi connectivity index (χ4v) is 2.98. The molecule has 0 aliphatic carbocycles. The van der Waals surface area contributed by atoms with E-state index in [0.717, 1.165) is 0 Å². The number of carbonyl (C=O) groups is 1. The fraction of sp³-hybridized carbons (Fsp3) is 0.533. The third-order valence-corrected chi connectivity index (χ3v) is 4.00. The lowest BCUT2D eigenvalue weighted by Gasteiger charge is -2.38. The summed E-state index contributed by atoms with van der Waals surface area (Å²) in [4.78, 5) is 13.0. The molecule has 110 valence electrons. The lowest BCUT2D eigenvalue weighted by atomic mass is 9.88. The van der Waals surface area contributed by atoms with Crippen LogP contribution < -0.4 is 0 Å². The predicted octanol–water partition coefficient (Wildman–Crippen LogP) is 3.07. The van der Waals surface area contributed by atoms with Crippen molar-refractivity contribution in [1.29, 1.82) is 0 Å². The Bertz CT molecular complexity index is 486. The molecule has 1 N–H and O–H groups in total. The van der Waals surface area contributed by atoms with Crippen LogP contribution in [0.2, 0.25) is 0 Å². The van der Waals surface area contributed by atoms with Crippen LogP contribution in [0.1, 0.15) is 31.9 Å². The maximum Gasteiger partial charge on any atom is 0.307 e. The quantitative estimate of drug-likeness (QED) is 0.926. The number of carboxylic acid groups (broad SMARTS) is 1. The van der Waals surface area contributed by atoms with Crippen LogP contribution in [0.25, 0.3) is 0 Å². The Morgan fingerprint density at radius 1 is 1.35 bits per heavy atom. The van der Waals surface area contributed by atoms with Crippen LogP contribution in [0, 0.1) is 23.5 Å². The largest absolute Gasteiger partial charge is 0.481 e. The van der Waals surface area contributed by atoms with Crippen molar-refractivity contribution < 1.29 is 18.7 Å². The zero-order valence-corrected chi connectivity index (χ0v) is 11.6. The first-order valence-electron chi connectivity index (χ1n) is 6.81. The first-order valence-corrected chi connectivity index (χ1v) is 6.81. The summed E-state index contributed by atoms with van der Waals surface area (Å²) in [5, 5.41) is 9.16. The van der Waals surface area contributed by atoms with Crippen molar-refractivity contribution in [2.75, 3.05) is 13.1 Å². The van der Waals surface area contributed by atoms with Gasteiger partial charge < -0.3 is 5.11 Å². The van der Waals surface area contributed by atoms with Crippen molar-refractivity contribution in [3.8, 4) is 0 Å². The molecular formula is C15H19F2NO2. The van der Waals surface area contributed by atoms with Gasteiger partial charge in [0.25, 0.3) is 0 Å². The average molecular weight is 283 g/mol. The third-order valence-electron chi connectivity index (χ3n) is 4.00. The molecule has 5 heteroatoms. The molecule has 0 bridgehead atoms. The SMILES string of the molecule is CC1CC(C(=O)O)CN(C(C)c2c(F)cccc2F)C1. The summed E-state index contributed by atoms with van der Waals surface area (Å²) in [6.45, 7) is 4.66. The van der Waals surface area contributed by atoms with E-state index in [0.29, 0.717) is 19.5 Å². The highest BCUT2D eigenvalue weighted by Crippen LogP contribution is 2.31. The Morgan fingerprint density at radius 2 is 1.95 bits per heavy atom. The second-order valence-corrected chi connectivity index (χ2v) is 5.64. The van der Waals surface area contributed by atoms with E-state index in [1.165, 1.54) is 18.2 Å². The van der Waals surface area contributed by atoms with Crippen LogP contribution in [0.5, 0.6) is 0 Å². The standard InChI is InChI=1S/C15H19F2NO2/c1-9-6-11(15(19)20)8-18(7-9)10(2)14-12(16)4-3-5-13(14)17/h3-5,9-11H,6-8H2,1-2H3,(H,19,20). The maximum absolute atomic E-state index is 13.8. The van der Waals surface area contributed by atoms with Gasteiger partial charge in [-0.15, -0.1) is 0 Å². The maximum atomic E-state index is 13.8. The Kier molecular flexibility index (Phi) is 4.38. The Hall–Kier alpha value is -1.49. The minimum Gasteiger partial charge on any atom is -0.481 e. The van der Waals surface area contributed by atoms with Gasteiger partial charge in [0.2, 0.25) is 0 Å². The monoisotopic (exact) mass is 283 g/mol. The molecule has 1 aromatic rings. The number of hydrogen-bond donors (Lipinski definition) is 1. The molecule has 0 radical (unpaired) electrons. The van der Waals surface area contributed by atoms with E-state index in [-0.39, 0.29) is 11.5 Å². The van der Waals surface area contributed by atoms with E-state index in [1.54, 1.807) is 6.92 Å². The minimum absolute atomic E-state index is 0.0192. The van der Waals surface area contributed by atoms with E-state index < -0.39 is 29.6 Å². The van der Waals surface area contributed by atoms with Crippen LogP contribution in [0.3, 0.4) is 0 Å². The van der Waals surface area contributed by atoms with Crippen LogP contribution in [-0.2, 0) is 4.79 Å². The van der Waals surface area contributed by atoms with Gasteiger partial charge in [0.05, 0.1) is 5.92 Å². The van der Waals surface area contributed by atoms with Gasteiger partial charge in [-0.2, -0.15) is 0 Å². The molecule has 2 rings (SSSR count). The lowest BCUT2D eigenvalue weighted by Crippen LogP contribution is -2.43. The Balaban J connectivity index is 2.24. The first-order chi connectivity index (χ1) is 9.40. The molecule has 20 heavy (non-hydrogen) atoms. The average Bonchev–Trinajstić information content (AvgIpc) is 2.37. The molecule has 1 fully saturated rings. The van der Waals surface area contributed by atoms with Gasteiger partial charge in [0.15, 0.2) is 0 Å². The number of piperidine rings is 1. The van der Waals surface area contributed by atoms with Gasteiger partial charge in [-0.1, -0.05) is 13.0 Å². The summed E-state index contributed by atoms with van der Waals surface area (Å²) in [7, 11) is 0. The van der Waals surface area contributed by atoms with Crippen molar-refractivity contribution in [2.24, 2.45) is 11.8 Å². The van der Waals surface area contributed by atoms with Gasteiger partial charge in [-0.3, -0.25) is 9.69 Å². The minimum atomic E-state index is -0.845. The molecule has 3 unspecified atom stereocenters. The highest BCUT2D eigenvalue weighted by Gasteiger charge is 2.33. The Morgan fingerprint density at radius 3 is 2.50 bits per heavy atom. The molecule has 3 atom stereocenters. The van der Waals surface area contributed by atoms with Crippen LogP contribution in [-0.4, -0.2) is 29.1 Å². The summed E-state index contributed by atoms with van der Waals surface area (Å²) in [6, 6.07) is 3.33. The van der Waals surface area contributed by atoms with Crippen molar-refractivity contribution >= 4 is 5.97 Å². The zero-order valence-electron chi connectivity index (χ0n) is 11.6. The second kappa shape index (κ2) is 5.87. The first kappa shape index (κ1) is 14.9. The van der Waals surface area contributed by atoms with Crippen molar-refractivity contribution in [3.63, 3.8) is 0 Å². The molecule has 1 aliphatic heterocycles. The van der Waals surface area contributed by atoms with Crippen LogP contribution >= 0.6 is 0 Å². The van der Waals surface area contributed by atoms with Gasteiger partial charge in [-0.25, -0.2) is 8.78 Å². The summed E-state index contributed by atoms with van der Waals surface area (Å²) < 4.78 is 27.7. The van der Waals surface area contributed by atoms with Gasteiger partial charge in [0, 0.05) is 24.7 Å². The number of likely N-dealkylation sites (tertiary alicyclic amines) is 1. The summed E-state index contributed by atoms with van der Waals surface area (Å²) in [5.74, 6) is -2.29. The lowest BCUT2D eigenvalue weighted by molar-refractivity contribution is -0.144. The summed E-state index contributed by atoms with van der Waals surface area (Å²) in [5.41, 5.74) is 0.0192. The number of hydrogen-bond acceptors (Lipinski definition) is 2. The number of carboxylic acids is 1. The highest BCUT2D eigenvalue weighted by molar-refractivity contribution is 5.70. The van der Waals surface area contributed by atoms with E-state index in [1.807, 2.05) is 11.8 Å². The zero-order chi connectivity index (χ0) is 14.9. The van der Waals surface area contributed by atoms with Crippen molar-refractivity contribution in [2.45, 2.75) is 26.3 Å². The summed E-state index contributed by atoms with van der Waals surface area (Å²) >= 11 is 0. The van der Waals surface area contributed by atoms with Gasteiger partial charge in [-0.05, 0) is 31.4 Å². The fourth-order valence-electron chi connectivity index (χ4n) is 2.98. The van der Waals surface area contributed by atoms with E-state index >= 15 is 0 Å². The van der Waals surface area contributed by atoms with E-state index in [4.69, 9.17) is 5.11 Å². The molecule has 1 saturated heterocycles. The van der Waals surface area contributed by atoms with E-state index in [2.05, 4.69) is 0 Å². The molecule has 1 heterocycles. The number of rotatable bonds is 3. The van der Waals surface area contributed by atoms with Crippen molar-refractivity contribution in [3.05, 3.63) is 35.4 Å². The number of benzene rings is 1. The molecular weight excluding hydrogens is 264 g/mol. The summed E-state index contributed by atoms with van der Waals surface area (Å²) in [6.07, 6.45) is 0.609. The van der Waals surface area contributed by atoms with Crippen LogP contribution in [0.4, 0.5) is 8.78 Å². The van der Waals surface area contributed by atoms with Crippen molar-refractivity contribution in [1.82, 2.24) is 4.90 Å². The molecule has 0 saturated carbocycles. The van der Waals surface area contributed by atoms with Crippen LogP contribution in [0.15, 0.2) is 18.2 Å². The topological polar surface area (TPSA) is 40.5 Å². The molecule has 0 spiro atoms. The normalized spacial score (nSPS) is 25.4.